The van der Waals surface area contributed by atoms with Crippen molar-refractivity contribution in [3.05, 3.63) is 41.5 Å². The largest absolute Gasteiger partial charge is 0.491 e. The Morgan fingerprint density at radius 1 is 1.20 bits per heavy atom. The van der Waals surface area contributed by atoms with Crippen molar-refractivity contribution in [1.29, 1.82) is 0 Å². The summed E-state index contributed by atoms with van der Waals surface area (Å²) in [6.07, 6.45) is 5.18. The van der Waals surface area contributed by atoms with Gasteiger partial charge in [-0.05, 0) is 45.7 Å². The second-order valence-electron chi connectivity index (χ2n) is 5.64. The van der Waals surface area contributed by atoms with Crippen LogP contribution in [0.15, 0.2) is 35.3 Å². The van der Waals surface area contributed by atoms with E-state index in [4.69, 9.17) is 9.47 Å². The van der Waals surface area contributed by atoms with Gasteiger partial charge in [0.15, 0.2) is 5.96 Å². The van der Waals surface area contributed by atoms with E-state index >= 15 is 0 Å². The SMILES string of the molecule is C/C=C/CCNC(=NCc1ccc(C)cc1OCCOCC)NCC. The predicted octanol–water partition coefficient (Wildman–Crippen LogP) is 3.43. The topological polar surface area (TPSA) is 54.9 Å². The lowest BCUT2D eigenvalue weighted by molar-refractivity contribution is 0.110. The van der Waals surface area contributed by atoms with Gasteiger partial charge in [0.2, 0.25) is 0 Å². The average molecular weight is 348 g/mol. The standard InChI is InChI=1S/C20H33N3O2/c1-5-8-9-12-22-20(21-6-2)23-16-18-11-10-17(4)15-19(18)25-14-13-24-7-3/h5,8,10-11,15H,6-7,9,12-14,16H2,1-4H3,(H2,21,22,23)/b8-5+. The zero-order valence-electron chi connectivity index (χ0n) is 16.1. The van der Waals surface area contributed by atoms with Gasteiger partial charge in [-0.1, -0.05) is 24.3 Å². The van der Waals surface area contributed by atoms with E-state index in [1.165, 1.54) is 5.56 Å². The number of aryl methyl sites for hydroxylation is 1. The van der Waals surface area contributed by atoms with Crippen molar-refractivity contribution < 1.29 is 9.47 Å². The molecule has 0 saturated carbocycles. The van der Waals surface area contributed by atoms with Crippen molar-refractivity contribution in [2.75, 3.05) is 32.9 Å². The van der Waals surface area contributed by atoms with Crippen LogP contribution in [0.2, 0.25) is 0 Å². The Morgan fingerprint density at radius 2 is 2.04 bits per heavy atom. The van der Waals surface area contributed by atoms with Gasteiger partial charge in [-0.15, -0.1) is 0 Å². The van der Waals surface area contributed by atoms with Crippen molar-refractivity contribution in [3.63, 3.8) is 0 Å². The number of rotatable bonds is 11. The molecule has 5 nitrogen and oxygen atoms in total. The molecule has 140 valence electrons. The maximum atomic E-state index is 5.88. The molecule has 0 aliphatic rings. The maximum absolute atomic E-state index is 5.88. The smallest absolute Gasteiger partial charge is 0.191 e. The van der Waals surface area contributed by atoms with Crippen LogP contribution >= 0.6 is 0 Å². The average Bonchev–Trinajstić information content (AvgIpc) is 2.61. The Labute approximate surface area is 152 Å². The van der Waals surface area contributed by atoms with Crippen LogP contribution in [-0.4, -0.2) is 38.9 Å². The molecule has 0 atom stereocenters. The quantitative estimate of drug-likeness (QED) is 0.279. The van der Waals surface area contributed by atoms with E-state index in [0.717, 1.165) is 36.8 Å². The predicted molar refractivity (Wildman–Crippen MR) is 105 cm³/mol. The van der Waals surface area contributed by atoms with Gasteiger partial charge in [0, 0.05) is 25.3 Å². The van der Waals surface area contributed by atoms with Crippen molar-refractivity contribution in [2.45, 2.75) is 40.7 Å². The zero-order valence-corrected chi connectivity index (χ0v) is 16.1. The monoisotopic (exact) mass is 347 g/mol. The van der Waals surface area contributed by atoms with E-state index in [9.17, 15) is 0 Å². The van der Waals surface area contributed by atoms with Crippen molar-refractivity contribution >= 4 is 5.96 Å². The van der Waals surface area contributed by atoms with Crippen molar-refractivity contribution in [2.24, 2.45) is 4.99 Å². The van der Waals surface area contributed by atoms with E-state index in [-0.39, 0.29) is 0 Å². The van der Waals surface area contributed by atoms with Crippen LogP contribution < -0.4 is 15.4 Å². The summed E-state index contributed by atoms with van der Waals surface area (Å²) in [5.41, 5.74) is 2.25. The molecule has 0 saturated heterocycles. The Kier molecular flexibility index (Phi) is 11.2. The highest BCUT2D eigenvalue weighted by Gasteiger charge is 2.05. The number of allylic oxidation sites excluding steroid dienone is 1. The van der Waals surface area contributed by atoms with Crippen LogP contribution in [0.5, 0.6) is 5.75 Å². The molecule has 0 unspecified atom stereocenters. The molecule has 0 aromatic heterocycles. The first kappa shape index (κ1) is 21.0. The minimum atomic E-state index is 0.551. The summed E-state index contributed by atoms with van der Waals surface area (Å²) < 4.78 is 11.2. The maximum Gasteiger partial charge on any atom is 0.191 e. The second kappa shape index (κ2) is 13.3. The Hall–Kier alpha value is -2.01. The lowest BCUT2D eigenvalue weighted by atomic mass is 10.1. The first-order valence-electron chi connectivity index (χ1n) is 9.14. The molecule has 0 spiro atoms. The van der Waals surface area contributed by atoms with Crippen LogP contribution in [0.4, 0.5) is 0 Å². The summed E-state index contributed by atoms with van der Waals surface area (Å²) in [7, 11) is 0. The third kappa shape index (κ3) is 9.15. The van der Waals surface area contributed by atoms with Gasteiger partial charge in [0.1, 0.15) is 12.4 Å². The summed E-state index contributed by atoms with van der Waals surface area (Å²) in [6, 6.07) is 6.23. The molecule has 25 heavy (non-hydrogen) atoms. The Morgan fingerprint density at radius 3 is 2.76 bits per heavy atom. The number of ether oxygens (including phenoxy) is 2. The lowest BCUT2D eigenvalue weighted by Crippen LogP contribution is -2.37. The number of hydrogen-bond acceptors (Lipinski definition) is 3. The van der Waals surface area contributed by atoms with Gasteiger partial charge >= 0.3 is 0 Å². The van der Waals surface area contributed by atoms with Crippen LogP contribution in [0.25, 0.3) is 0 Å². The summed E-state index contributed by atoms with van der Waals surface area (Å²) in [5, 5.41) is 6.62. The zero-order chi connectivity index (χ0) is 18.3. The molecule has 0 fully saturated rings. The third-order valence-electron chi connectivity index (χ3n) is 3.50. The van der Waals surface area contributed by atoms with E-state index in [2.05, 4.69) is 59.8 Å². The fourth-order valence-corrected chi connectivity index (χ4v) is 2.23. The Balaban J connectivity index is 2.69. The van der Waals surface area contributed by atoms with Crippen molar-refractivity contribution in [3.8, 4) is 5.75 Å². The molecular formula is C20H33N3O2. The van der Waals surface area contributed by atoms with Gasteiger partial charge in [-0.3, -0.25) is 0 Å². The summed E-state index contributed by atoms with van der Waals surface area (Å²) in [5.74, 6) is 1.71. The number of nitrogens with zero attached hydrogens (tertiary/aromatic N) is 1. The molecule has 0 heterocycles. The second-order valence-corrected chi connectivity index (χ2v) is 5.64. The Bertz CT molecular complexity index is 542. The number of hydrogen-bond donors (Lipinski definition) is 2. The van der Waals surface area contributed by atoms with Gasteiger partial charge in [-0.25, -0.2) is 4.99 Å². The molecule has 0 bridgehead atoms. The molecule has 1 rings (SSSR count). The molecular weight excluding hydrogens is 314 g/mol. The highest BCUT2D eigenvalue weighted by atomic mass is 16.5. The van der Waals surface area contributed by atoms with E-state index in [1.807, 2.05) is 13.8 Å². The summed E-state index contributed by atoms with van der Waals surface area (Å²) >= 11 is 0. The van der Waals surface area contributed by atoms with E-state index in [0.29, 0.717) is 26.4 Å². The summed E-state index contributed by atoms with van der Waals surface area (Å²) in [4.78, 5) is 4.68. The van der Waals surface area contributed by atoms with Gasteiger partial charge in [0.25, 0.3) is 0 Å². The number of aliphatic imine (C=N–C) groups is 1. The molecule has 1 aromatic carbocycles. The van der Waals surface area contributed by atoms with Crippen LogP contribution in [-0.2, 0) is 11.3 Å². The molecule has 0 amide bonds. The lowest BCUT2D eigenvalue weighted by Gasteiger charge is -2.13. The number of nitrogens with one attached hydrogen (secondary N) is 2. The molecule has 0 aliphatic heterocycles. The molecule has 0 aliphatic carbocycles. The minimum absolute atomic E-state index is 0.551. The van der Waals surface area contributed by atoms with Crippen LogP contribution in [0.1, 0.15) is 38.3 Å². The van der Waals surface area contributed by atoms with Gasteiger partial charge < -0.3 is 20.1 Å². The number of guanidine groups is 1. The molecule has 2 N–H and O–H groups in total. The normalized spacial score (nSPS) is 11.8. The number of benzene rings is 1. The van der Waals surface area contributed by atoms with Crippen LogP contribution in [0, 0.1) is 6.92 Å². The first-order valence-corrected chi connectivity index (χ1v) is 9.14. The van der Waals surface area contributed by atoms with E-state index in [1.54, 1.807) is 0 Å². The highest BCUT2D eigenvalue weighted by molar-refractivity contribution is 5.79. The molecule has 1 aromatic rings. The minimum Gasteiger partial charge on any atom is -0.491 e. The fraction of sp³-hybridized carbons (Fsp3) is 0.550. The first-order chi connectivity index (χ1) is 12.2. The van der Waals surface area contributed by atoms with Crippen LogP contribution in [0.3, 0.4) is 0 Å². The highest BCUT2D eigenvalue weighted by Crippen LogP contribution is 2.21. The molecule has 5 heteroatoms. The van der Waals surface area contributed by atoms with E-state index < -0.39 is 0 Å². The van der Waals surface area contributed by atoms with Gasteiger partial charge in [0.05, 0.1) is 13.2 Å². The molecule has 0 radical (unpaired) electrons. The van der Waals surface area contributed by atoms with Crippen molar-refractivity contribution in [1.82, 2.24) is 10.6 Å². The summed E-state index contributed by atoms with van der Waals surface area (Å²) in [6.45, 7) is 12.3. The van der Waals surface area contributed by atoms with Gasteiger partial charge in [-0.2, -0.15) is 0 Å². The third-order valence-corrected chi connectivity index (χ3v) is 3.50. The fourth-order valence-electron chi connectivity index (χ4n) is 2.23.